The van der Waals surface area contributed by atoms with Crippen molar-refractivity contribution >= 4 is 47.2 Å². The molecule has 1 aliphatic rings. The van der Waals surface area contributed by atoms with Gasteiger partial charge in [-0.05, 0) is 36.8 Å². The summed E-state index contributed by atoms with van der Waals surface area (Å²) >= 11 is 1.80. The standard InChI is InChI=1S/C17H28N4OS.HI/c1-3-5-9-19-17(18-4-2)20-10-6-16(22)21-11-7-15-14(13-21)8-12-23-15;/h8,12H,3-7,9-11,13H2,1-2H3,(H2,18,19,20);1H. The number of amides is 1. The summed E-state index contributed by atoms with van der Waals surface area (Å²) < 4.78 is 0. The van der Waals surface area contributed by atoms with Gasteiger partial charge in [-0.15, -0.1) is 35.3 Å². The largest absolute Gasteiger partial charge is 0.357 e. The normalized spacial score (nSPS) is 13.9. The van der Waals surface area contributed by atoms with Gasteiger partial charge in [0.2, 0.25) is 5.91 Å². The van der Waals surface area contributed by atoms with Gasteiger partial charge in [0.1, 0.15) is 0 Å². The van der Waals surface area contributed by atoms with Gasteiger partial charge in [-0.3, -0.25) is 9.79 Å². The molecule has 0 saturated heterocycles. The maximum Gasteiger partial charge on any atom is 0.224 e. The molecule has 0 spiro atoms. The third-order valence-corrected chi connectivity index (χ3v) is 4.94. The molecule has 136 valence electrons. The van der Waals surface area contributed by atoms with Crippen LogP contribution in [0.25, 0.3) is 0 Å². The fourth-order valence-corrected chi connectivity index (χ4v) is 3.49. The Bertz CT molecular complexity index is 532. The summed E-state index contributed by atoms with van der Waals surface area (Å²) in [6.45, 7) is 8.11. The first-order valence-corrected chi connectivity index (χ1v) is 9.47. The van der Waals surface area contributed by atoms with Crippen molar-refractivity contribution in [2.75, 3.05) is 26.2 Å². The SMILES string of the molecule is CCCCN=C(NCC)NCCC(=O)N1CCc2sccc2C1.I. The van der Waals surface area contributed by atoms with Crippen molar-refractivity contribution in [3.05, 3.63) is 21.9 Å². The van der Waals surface area contributed by atoms with E-state index in [0.29, 0.717) is 13.0 Å². The minimum atomic E-state index is 0. The Morgan fingerprint density at radius 2 is 2.21 bits per heavy atom. The predicted molar refractivity (Wildman–Crippen MR) is 112 cm³/mol. The fraction of sp³-hybridized carbons (Fsp3) is 0.647. The molecule has 7 heteroatoms. The molecule has 2 rings (SSSR count). The smallest absolute Gasteiger partial charge is 0.224 e. The Balaban J connectivity index is 0.00000288. The number of aliphatic imine (C=N–C) groups is 1. The Labute approximate surface area is 166 Å². The predicted octanol–water partition coefficient (Wildman–Crippen LogP) is 3.00. The van der Waals surface area contributed by atoms with Crippen molar-refractivity contribution in [2.45, 2.75) is 46.1 Å². The second kappa shape index (κ2) is 11.7. The lowest BCUT2D eigenvalue weighted by atomic mass is 10.1. The van der Waals surface area contributed by atoms with E-state index in [1.54, 1.807) is 11.3 Å². The maximum absolute atomic E-state index is 12.4. The molecule has 0 atom stereocenters. The van der Waals surface area contributed by atoms with Crippen LogP contribution in [0.3, 0.4) is 0 Å². The van der Waals surface area contributed by atoms with Crippen LogP contribution in [0.1, 0.15) is 43.6 Å². The van der Waals surface area contributed by atoms with Crippen LogP contribution in [0.2, 0.25) is 0 Å². The minimum absolute atomic E-state index is 0. The molecule has 1 aromatic rings. The monoisotopic (exact) mass is 464 g/mol. The van der Waals surface area contributed by atoms with Crippen LogP contribution in [0.5, 0.6) is 0 Å². The first-order valence-electron chi connectivity index (χ1n) is 8.59. The van der Waals surface area contributed by atoms with Crippen LogP contribution in [0, 0.1) is 0 Å². The summed E-state index contributed by atoms with van der Waals surface area (Å²) in [4.78, 5) is 20.3. The van der Waals surface area contributed by atoms with Crippen LogP contribution in [-0.4, -0.2) is 42.9 Å². The molecule has 0 radical (unpaired) electrons. The third-order valence-electron chi connectivity index (χ3n) is 3.92. The zero-order chi connectivity index (χ0) is 16.5. The van der Waals surface area contributed by atoms with E-state index in [9.17, 15) is 4.79 Å². The molecule has 2 N–H and O–H groups in total. The molecule has 0 fully saturated rings. The van der Waals surface area contributed by atoms with E-state index >= 15 is 0 Å². The number of nitrogens with zero attached hydrogens (tertiary/aromatic N) is 2. The molecule has 0 saturated carbocycles. The highest BCUT2D eigenvalue weighted by atomic mass is 127. The Morgan fingerprint density at radius 1 is 1.38 bits per heavy atom. The highest BCUT2D eigenvalue weighted by molar-refractivity contribution is 14.0. The topological polar surface area (TPSA) is 56.7 Å². The van der Waals surface area contributed by atoms with Gasteiger partial charge in [0.15, 0.2) is 5.96 Å². The number of carbonyl (C=O) groups is 1. The molecule has 0 aliphatic carbocycles. The molecule has 0 unspecified atom stereocenters. The summed E-state index contributed by atoms with van der Waals surface area (Å²) in [5.74, 6) is 1.03. The summed E-state index contributed by atoms with van der Waals surface area (Å²) in [6, 6.07) is 2.14. The second-order valence-corrected chi connectivity index (χ2v) is 6.73. The van der Waals surface area contributed by atoms with E-state index in [1.165, 1.54) is 10.4 Å². The fourth-order valence-electron chi connectivity index (χ4n) is 2.60. The number of fused-ring (bicyclic) bond motifs is 1. The van der Waals surface area contributed by atoms with Crippen LogP contribution >= 0.6 is 35.3 Å². The highest BCUT2D eigenvalue weighted by Crippen LogP contribution is 2.24. The van der Waals surface area contributed by atoms with Crippen LogP contribution in [0.15, 0.2) is 16.4 Å². The number of guanidine groups is 1. The molecule has 24 heavy (non-hydrogen) atoms. The zero-order valence-corrected chi connectivity index (χ0v) is 17.8. The van der Waals surface area contributed by atoms with E-state index in [-0.39, 0.29) is 29.9 Å². The third kappa shape index (κ3) is 6.58. The lowest BCUT2D eigenvalue weighted by molar-refractivity contribution is -0.131. The maximum atomic E-state index is 12.4. The average Bonchev–Trinajstić information content (AvgIpc) is 3.02. The number of hydrogen-bond donors (Lipinski definition) is 2. The van der Waals surface area contributed by atoms with Crippen LogP contribution < -0.4 is 10.6 Å². The first-order chi connectivity index (χ1) is 11.2. The van der Waals surface area contributed by atoms with Crippen molar-refractivity contribution in [3.63, 3.8) is 0 Å². The van der Waals surface area contributed by atoms with Crippen molar-refractivity contribution in [3.8, 4) is 0 Å². The zero-order valence-electron chi connectivity index (χ0n) is 14.6. The summed E-state index contributed by atoms with van der Waals surface area (Å²) in [6.07, 6.45) is 3.73. The van der Waals surface area contributed by atoms with Crippen molar-refractivity contribution in [2.24, 2.45) is 4.99 Å². The summed E-state index contributed by atoms with van der Waals surface area (Å²) in [5, 5.41) is 8.60. The molecule has 1 aliphatic heterocycles. The van der Waals surface area contributed by atoms with E-state index in [0.717, 1.165) is 51.4 Å². The van der Waals surface area contributed by atoms with Gasteiger partial charge in [-0.1, -0.05) is 13.3 Å². The van der Waals surface area contributed by atoms with Gasteiger partial charge in [0.05, 0.1) is 0 Å². The molecule has 2 heterocycles. The van der Waals surface area contributed by atoms with E-state index in [2.05, 4.69) is 34.0 Å². The number of nitrogens with one attached hydrogen (secondary N) is 2. The Morgan fingerprint density at radius 3 is 2.96 bits per heavy atom. The van der Waals surface area contributed by atoms with Gasteiger partial charge in [0.25, 0.3) is 0 Å². The van der Waals surface area contributed by atoms with E-state index in [4.69, 9.17) is 0 Å². The quantitative estimate of drug-likeness (QED) is 0.282. The number of carbonyl (C=O) groups excluding carboxylic acids is 1. The van der Waals surface area contributed by atoms with Gasteiger partial charge < -0.3 is 15.5 Å². The number of unbranched alkanes of at least 4 members (excludes halogenated alkanes) is 1. The Kier molecular flexibility index (Phi) is 10.3. The number of hydrogen-bond acceptors (Lipinski definition) is 3. The number of thiophene rings is 1. The van der Waals surface area contributed by atoms with Crippen molar-refractivity contribution in [1.82, 2.24) is 15.5 Å². The highest BCUT2D eigenvalue weighted by Gasteiger charge is 2.20. The van der Waals surface area contributed by atoms with Crippen LogP contribution in [-0.2, 0) is 17.8 Å². The summed E-state index contributed by atoms with van der Waals surface area (Å²) in [5.41, 5.74) is 1.32. The van der Waals surface area contributed by atoms with E-state index < -0.39 is 0 Å². The average molecular weight is 464 g/mol. The molecule has 1 aromatic heterocycles. The van der Waals surface area contributed by atoms with Crippen molar-refractivity contribution < 1.29 is 4.79 Å². The minimum Gasteiger partial charge on any atom is -0.357 e. The van der Waals surface area contributed by atoms with Gasteiger partial charge in [0, 0.05) is 44.0 Å². The number of halogens is 1. The molecular formula is C17H29IN4OS. The molecular weight excluding hydrogens is 435 g/mol. The summed E-state index contributed by atoms with van der Waals surface area (Å²) in [7, 11) is 0. The molecule has 0 aromatic carbocycles. The Hall–Kier alpha value is -0.830. The lowest BCUT2D eigenvalue weighted by Gasteiger charge is -2.27. The van der Waals surface area contributed by atoms with Crippen LogP contribution in [0.4, 0.5) is 0 Å². The second-order valence-electron chi connectivity index (χ2n) is 5.73. The molecule has 5 nitrogen and oxygen atoms in total. The van der Waals surface area contributed by atoms with Gasteiger partial charge in [-0.25, -0.2) is 0 Å². The lowest BCUT2D eigenvalue weighted by Crippen LogP contribution is -2.41. The number of rotatable bonds is 7. The molecule has 1 amide bonds. The van der Waals surface area contributed by atoms with Crippen molar-refractivity contribution in [1.29, 1.82) is 0 Å². The molecule has 0 bridgehead atoms. The van der Waals surface area contributed by atoms with Gasteiger partial charge in [-0.2, -0.15) is 0 Å². The van der Waals surface area contributed by atoms with E-state index in [1.807, 2.05) is 11.8 Å². The van der Waals surface area contributed by atoms with Gasteiger partial charge >= 0.3 is 0 Å². The first kappa shape index (κ1) is 21.2.